The van der Waals surface area contributed by atoms with Gasteiger partial charge in [-0.3, -0.25) is 4.98 Å². The van der Waals surface area contributed by atoms with Gasteiger partial charge in [0.2, 0.25) is 0 Å². The van der Waals surface area contributed by atoms with Crippen molar-refractivity contribution in [2.45, 2.75) is 13.8 Å². The van der Waals surface area contributed by atoms with Gasteiger partial charge in [0.15, 0.2) is 11.4 Å². The zero-order valence-corrected chi connectivity index (χ0v) is 18.4. The highest BCUT2D eigenvalue weighted by molar-refractivity contribution is 5.90. The van der Waals surface area contributed by atoms with Crippen LogP contribution >= 0.6 is 0 Å². The third kappa shape index (κ3) is 4.29. The number of aromatic nitrogens is 3. The summed E-state index contributed by atoms with van der Waals surface area (Å²) in [6.45, 7) is 3.89. The molecule has 168 valence electrons. The van der Waals surface area contributed by atoms with Gasteiger partial charge >= 0.3 is 5.97 Å². The van der Waals surface area contributed by atoms with Crippen LogP contribution in [0.1, 0.15) is 21.6 Å². The van der Waals surface area contributed by atoms with Crippen molar-refractivity contribution in [2.75, 3.05) is 5.32 Å². The molecule has 2 N–H and O–H groups in total. The summed E-state index contributed by atoms with van der Waals surface area (Å²) in [4.78, 5) is 24.0. The number of ether oxygens (including phenoxy) is 1. The number of furan rings is 1. The standard InChI is InChI=1S/C26H20N4O4/c1-15-11-19(8-10-22(15)33-20-9-3-16(2)27-13-20)30-25-24-21(28-14-29-25)12-23(34-24)17-4-6-18(7-5-17)26(31)32/h3-14H,1-2H3,(H,31,32)(H,28,29,30). The van der Waals surface area contributed by atoms with Crippen LogP contribution in [0.2, 0.25) is 0 Å². The molecule has 8 heteroatoms. The first-order chi connectivity index (χ1) is 16.5. The summed E-state index contributed by atoms with van der Waals surface area (Å²) in [5.74, 6) is 1.52. The van der Waals surface area contributed by atoms with Crippen LogP contribution in [-0.2, 0) is 0 Å². The smallest absolute Gasteiger partial charge is 0.335 e. The highest BCUT2D eigenvalue weighted by Crippen LogP contribution is 2.33. The van der Waals surface area contributed by atoms with E-state index in [1.165, 1.54) is 18.5 Å². The molecule has 0 aliphatic heterocycles. The van der Waals surface area contributed by atoms with Crippen molar-refractivity contribution < 1.29 is 19.1 Å². The molecule has 0 atom stereocenters. The maximum atomic E-state index is 11.1. The van der Waals surface area contributed by atoms with E-state index >= 15 is 0 Å². The Morgan fingerprint density at radius 2 is 1.79 bits per heavy atom. The van der Waals surface area contributed by atoms with Gasteiger partial charge in [0.25, 0.3) is 0 Å². The first kappa shape index (κ1) is 21.1. The van der Waals surface area contributed by atoms with Gasteiger partial charge in [0.1, 0.15) is 29.1 Å². The fourth-order valence-electron chi connectivity index (χ4n) is 3.48. The second-order valence-corrected chi connectivity index (χ2v) is 7.77. The monoisotopic (exact) mass is 452 g/mol. The molecular formula is C26H20N4O4. The van der Waals surface area contributed by atoms with Crippen molar-refractivity contribution in [1.82, 2.24) is 15.0 Å². The van der Waals surface area contributed by atoms with Crippen LogP contribution in [0, 0.1) is 13.8 Å². The van der Waals surface area contributed by atoms with Crippen LogP contribution < -0.4 is 10.1 Å². The van der Waals surface area contributed by atoms with Gasteiger partial charge in [0.05, 0.1) is 11.8 Å². The number of anilines is 2. The molecule has 2 aromatic carbocycles. The summed E-state index contributed by atoms with van der Waals surface area (Å²) in [7, 11) is 0. The predicted octanol–water partition coefficient (Wildman–Crippen LogP) is 6.14. The number of aryl methyl sites for hydroxylation is 2. The highest BCUT2D eigenvalue weighted by Gasteiger charge is 2.14. The third-order valence-electron chi connectivity index (χ3n) is 5.28. The van der Waals surface area contributed by atoms with E-state index in [1.54, 1.807) is 24.4 Å². The maximum Gasteiger partial charge on any atom is 0.335 e. The summed E-state index contributed by atoms with van der Waals surface area (Å²) in [6, 6.07) is 17.8. The van der Waals surface area contributed by atoms with Gasteiger partial charge in [-0.15, -0.1) is 0 Å². The summed E-state index contributed by atoms with van der Waals surface area (Å²) >= 11 is 0. The number of benzene rings is 2. The second kappa shape index (κ2) is 8.67. The van der Waals surface area contributed by atoms with Crippen molar-refractivity contribution in [1.29, 1.82) is 0 Å². The van der Waals surface area contributed by atoms with Crippen LogP contribution in [-0.4, -0.2) is 26.0 Å². The number of hydrogen-bond donors (Lipinski definition) is 2. The first-order valence-electron chi connectivity index (χ1n) is 10.5. The molecule has 0 unspecified atom stereocenters. The van der Waals surface area contributed by atoms with Crippen molar-refractivity contribution in [3.05, 3.63) is 90.0 Å². The molecule has 8 nitrogen and oxygen atoms in total. The van der Waals surface area contributed by atoms with E-state index in [0.717, 1.165) is 28.3 Å². The normalized spacial score (nSPS) is 10.9. The second-order valence-electron chi connectivity index (χ2n) is 7.77. The molecule has 3 aromatic heterocycles. The lowest BCUT2D eigenvalue weighted by molar-refractivity contribution is 0.0697. The van der Waals surface area contributed by atoms with E-state index in [2.05, 4.69) is 20.3 Å². The van der Waals surface area contributed by atoms with E-state index in [9.17, 15) is 4.79 Å². The lowest BCUT2D eigenvalue weighted by Crippen LogP contribution is -1.96. The van der Waals surface area contributed by atoms with Crippen LogP contribution in [0.15, 0.2) is 77.6 Å². The van der Waals surface area contributed by atoms with E-state index in [1.807, 2.05) is 44.2 Å². The van der Waals surface area contributed by atoms with Crippen LogP contribution in [0.4, 0.5) is 11.5 Å². The lowest BCUT2D eigenvalue weighted by atomic mass is 10.1. The van der Waals surface area contributed by atoms with Crippen molar-refractivity contribution in [3.8, 4) is 22.8 Å². The molecule has 0 spiro atoms. The Bertz CT molecular complexity index is 1490. The molecule has 0 saturated heterocycles. The molecule has 0 radical (unpaired) electrons. The van der Waals surface area contributed by atoms with Crippen LogP contribution in [0.3, 0.4) is 0 Å². The molecule has 0 aliphatic rings. The zero-order valence-electron chi connectivity index (χ0n) is 18.4. The number of carboxylic acid groups (broad SMARTS) is 1. The van der Waals surface area contributed by atoms with Gasteiger partial charge in [-0.1, -0.05) is 12.1 Å². The molecule has 0 fully saturated rings. The number of aromatic carboxylic acids is 1. The third-order valence-corrected chi connectivity index (χ3v) is 5.28. The van der Waals surface area contributed by atoms with Crippen molar-refractivity contribution in [2.24, 2.45) is 0 Å². The minimum atomic E-state index is -0.976. The Balaban J connectivity index is 1.39. The quantitative estimate of drug-likeness (QED) is 0.316. The number of carbonyl (C=O) groups is 1. The SMILES string of the molecule is Cc1ccc(Oc2ccc(Nc3ncnc4cc(-c5ccc(C(=O)O)cc5)oc34)cc2C)cn1. The largest absolute Gasteiger partial charge is 0.478 e. The summed E-state index contributed by atoms with van der Waals surface area (Å²) in [5, 5.41) is 12.4. The van der Waals surface area contributed by atoms with E-state index in [4.69, 9.17) is 14.3 Å². The van der Waals surface area contributed by atoms with Crippen molar-refractivity contribution in [3.63, 3.8) is 0 Å². The zero-order chi connectivity index (χ0) is 23.7. The van der Waals surface area contributed by atoms with Gasteiger partial charge in [-0.05, 0) is 61.9 Å². The number of pyridine rings is 1. The number of rotatable bonds is 6. The Morgan fingerprint density at radius 3 is 2.50 bits per heavy atom. The fourth-order valence-corrected chi connectivity index (χ4v) is 3.48. The van der Waals surface area contributed by atoms with Gasteiger partial charge in [0, 0.05) is 23.0 Å². The molecule has 5 rings (SSSR count). The van der Waals surface area contributed by atoms with Gasteiger partial charge < -0.3 is 19.6 Å². The van der Waals surface area contributed by atoms with Crippen molar-refractivity contribution >= 4 is 28.6 Å². The lowest BCUT2D eigenvalue weighted by Gasteiger charge is -2.11. The Morgan fingerprint density at radius 1 is 0.971 bits per heavy atom. The maximum absolute atomic E-state index is 11.1. The molecular weight excluding hydrogens is 432 g/mol. The van der Waals surface area contributed by atoms with E-state index in [0.29, 0.717) is 28.4 Å². The number of carboxylic acids is 1. The average molecular weight is 452 g/mol. The summed E-state index contributed by atoms with van der Waals surface area (Å²) < 4.78 is 12.0. The molecule has 0 bridgehead atoms. The van der Waals surface area contributed by atoms with E-state index < -0.39 is 5.97 Å². The molecule has 3 heterocycles. The summed E-state index contributed by atoms with van der Waals surface area (Å²) in [5.41, 5.74) is 4.78. The predicted molar refractivity (Wildman–Crippen MR) is 128 cm³/mol. The van der Waals surface area contributed by atoms with E-state index in [-0.39, 0.29) is 5.56 Å². The highest BCUT2D eigenvalue weighted by atomic mass is 16.5. The summed E-state index contributed by atoms with van der Waals surface area (Å²) in [6.07, 6.45) is 3.16. The minimum absolute atomic E-state index is 0.212. The fraction of sp³-hybridized carbons (Fsp3) is 0.0769. The molecule has 0 saturated carbocycles. The molecule has 34 heavy (non-hydrogen) atoms. The van der Waals surface area contributed by atoms with Crippen LogP contribution in [0.5, 0.6) is 11.5 Å². The van der Waals surface area contributed by atoms with Gasteiger partial charge in [-0.25, -0.2) is 14.8 Å². The molecule has 0 aliphatic carbocycles. The number of nitrogens with one attached hydrogen (secondary N) is 1. The number of nitrogens with zero attached hydrogens (tertiary/aromatic N) is 3. The Kier molecular flexibility index (Phi) is 5.39. The Labute approximate surface area is 194 Å². The number of fused-ring (bicyclic) bond motifs is 1. The van der Waals surface area contributed by atoms with Gasteiger partial charge in [-0.2, -0.15) is 0 Å². The Hall–Kier alpha value is -4.72. The number of hydrogen-bond acceptors (Lipinski definition) is 7. The molecule has 5 aromatic rings. The minimum Gasteiger partial charge on any atom is -0.478 e. The first-order valence-corrected chi connectivity index (χ1v) is 10.5. The topological polar surface area (TPSA) is 110 Å². The average Bonchev–Trinajstić information content (AvgIpc) is 3.28. The molecule has 0 amide bonds. The van der Waals surface area contributed by atoms with Crippen LogP contribution in [0.25, 0.3) is 22.4 Å².